The molecule has 0 aromatic carbocycles. The largest absolute Gasteiger partial charge is 0.328 e. The maximum atomic E-state index is 8.65. The van der Waals surface area contributed by atoms with Gasteiger partial charge in [-0.25, -0.2) is 4.98 Å². The fourth-order valence-electron chi connectivity index (χ4n) is 1.07. The minimum Gasteiger partial charge on any atom is -0.328 e. The van der Waals surface area contributed by atoms with Crippen molar-refractivity contribution in [1.82, 2.24) is 15.0 Å². The molecule has 0 radical (unpaired) electrons. The Morgan fingerprint density at radius 1 is 1.36 bits per heavy atom. The van der Waals surface area contributed by atoms with Gasteiger partial charge >= 0.3 is 0 Å². The minimum absolute atomic E-state index is 0.207. The summed E-state index contributed by atoms with van der Waals surface area (Å²) in [6, 6.07) is 5.47. The second-order valence-corrected chi connectivity index (χ2v) is 2.97. The van der Waals surface area contributed by atoms with Crippen molar-refractivity contribution < 1.29 is 0 Å². The zero-order chi connectivity index (χ0) is 9.97. The predicted molar refractivity (Wildman–Crippen MR) is 51.5 cm³/mol. The van der Waals surface area contributed by atoms with Crippen LogP contribution >= 0.6 is 11.6 Å². The Bertz CT molecular complexity index is 483. The molecule has 0 unspecified atom stereocenters. The lowest BCUT2D eigenvalue weighted by Gasteiger charge is -1.92. The summed E-state index contributed by atoms with van der Waals surface area (Å²) < 4.78 is 0. The Kier molecular flexibility index (Phi) is 2.17. The van der Waals surface area contributed by atoms with Crippen LogP contribution in [-0.4, -0.2) is 15.0 Å². The highest BCUT2D eigenvalue weighted by atomic mass is 35.5. The van der Waals surface area contributed by atoms with Crippen molar-refractivity contribution >= 4 is 11.6 Å². The molecule has 0 bridgehead atoms. The molecule has 0 saturated heterocycles. The van der Waals surface area contributed by atoms with Gasteiger partial charge in [-0.05, 0) is 12.1 Å². The van der Waals surface area contributed by atoms with Crippen LogP contribution in [0.4, 0.5) is 0 Å². The summed E-state index contributed by atoms with van der Waals surface area (Å²) in [5, 5.41) is 8.91. The van der Waals surface area contributed by atoms with Crippen LogP contribution in [0.15, 0.2) is 24.5 Å². The number of aromatic nitrogens is 3. The first-order valence-corrected chi connectivity index (χ1v) is 4.25. The third-order valence-corrected chi connectivity index (χ3v) is 1.99. The highest BCUT2D eigenvalue weighted by Crippen LogP contribution is 2.19. The number of hydrogen-bond acceptors (Lipinski definition) is 3. The quantitative estimate of drug-likeness (QED) is 0.773. The Morgan fingerprint density at radius 2 is 2.07 bits per heavy atom. The van der Waals surface area contributed by atoms with E-state index in [9.17, 15) is 0 Å². The molecular formula is C9H5ClN4. The zero-order valence-corrected chi connectivity index (χ0v) is 7.78. The van der Waals surface area contributed by atoms with Crippen molar-refractivity contribution in [3.05, 3.63) is 35.4 Å². The van der Waals surface area contributed by atoms with Crippen LogP contribution in [0.3, 0.4) is 0 Å². The van der Waals surface area contributed by atoms with Crippen LogP contribution in [0.2, 0.25) is 5.15 Å². The van der Waals surface area contributed by atoms with E-state index in [1.165, 1.54) is 0 Å². The fourth-order valence-corrected chi connectivity index (χ4v) is 1.25. The van der Waals surface area contributed by atoms with Gasteiger partial charge < -0.3 is 4.98 Å². The van der Waals surface area contributed by atoms with Gasteiger partial charge in [0.25, 0.3) is 0 Å². The maximum Gasteiger partial charge on any atom is 0.178 e. The smallest absolute Gasteiger partial charge is 0.178 e. The molecule has 0 amide bonds. The van der Waals surface area contributed by atoms with Crippen LogP contribution in [-0.2, 0) is 0 Å². The summed E-state index contributed by atoms with van der Waals surface area (Å²) in [7, 11) is 0. The van der Waals surface area contributed by atoms with Crippen LogP contribution < -0.4 is 0 Å². The van der Waals surface area contributed by atoms with Gasteiger partial charge in [-0.15, -0.1) is 0 Å². The van der Waals surface area contributed by atoms with Gasteiger partial charge in [0.05, 0.1) is 0 Å². The fraction of sp³-hybridized carbons (Fsp3) is 0. The minimum atomic E-state index is 0.207. The normalized spacial score (nSPS) is 9.71. The lowest BCUT2D eigenvalue weighted by Crippen LogP contribution is -1.80. The van der Waals surface area contributed by atoms with Crippen molar-refractivity contribution in [1.29, 1.82) is 5.26 Å². The number of hydrogen-bond donors (Lipinski definition) is 1. The average Bonchev–Trinajstić information content (AvgIpc) is 2.61. The van der Waals surface area contributed by atoms with Gasteiger partial charge in [-0.3, -0.25) is 4.98 Å². The summed E-state index contributed by atoms with van der Waals surface area (Å²) in [5.74, 6) is 0.578. The molecule has 2 rings (SSSR count). The molecule has 5 heteroatoms. The maximum absolute atomic E-state index is 8.65. The summed E-state index contributed by atoms with van der Waals surface area (Å²) in [6.07, 6.45) is 3.30. The van der Waals surface area contributed by atoms with Crippen LogP contribution in [0.1, 0.15) is 5.69 Å². The van der Waals surface area contributed by atoms with Crippen molar-refractivity contribution in [3.63, 3.8) is 0 Å². The highest BCUT2D eigenvalue weighted by Gasteiger charge is 2.08. The molecule has 68 valence electrons. The second-order valence-electron chi connectivity index (χ2n) is 2.60. The van der Waals surface area contributed by atoms with E-state index < -0.39 is 0 Å². The van der Waals surface area contributed by atoms with E-state index in [4.69, 9.17) is 16.9 Å². The first-order chi connectivity index (χ1) is 6.81. The molecule has 0 saturated carbocycles. The van der Waals surface area contributed by atoms with Crippen molar-refractivity contribution in [2.75, 3.05) is 0 Å². The Morgan fingerprint density at radius 3 is 2.64 bits per heavy atom. The number of pyridine rings is 1. The van der Waals surface area contributed by atoms with E-state index in [1.54, 1.807) is 24.5 Å². The number of nitrogens with zero attached hydrogens (tertiary/aromatic N) is 3. The number of nitriles is 1. The number of nitrogens with one attached hydrogen (secondary N) is 1. The standard InChI is InChI=1S/C9H5ClN4/c10-8-7(5-11)13-9(14-8)6-1-3-12-4-2-6/h1-4H,(H,13,14). The Hall–Kier alpha value is -1.86. The molecule has 0 atom stereocenters. The first kappa shape index (κ1) is 8.73. The molecule has 0 fully saturated rings. The molecular weight excluding hydrogens is 200 g/mol. The van der Waals surface area contributed by atoms with Gasteiger partial charge in [-0.2, -0.15) is 5.26 Å². The highest BCUT2D eigenvalue weighted by molar-refractivity contribution is 6.30. The summed E-state index contributed by atoms with van der Waals surface area (Å²) in [6.45, 7) is 0. The van der Waals surface area contributed by atoms with Crippen molar-refractivity contribution in [3.8, 4) is 17.5 Å². The Labute approximate surface area is 85.2 Å². The molecule has 0 aliphatic heterocycles. The number of halogens is 1. The van der Waals surface area contributed by atoms with E-state index in [2.05, 4.69) is 15.0 Å². The number of aromatic amines is 1. The molecule has 0 aliphatic rings. The summed E-state index contributed by atoms with van der Waals surface area (Å²) in [5.41, 5.74) is 1.06. The molecule has 0 aliphatic carbocycles. The van der Waals surface area contributed by atoms with Gasteiger partial charge in [0, 0.05) is 18.0 Å². The zero-order valence-electron chi connectivity index (χ0n) is 7.03. The third-order valence-electron chi connectivity index (χ3n) is 1.72. The van der Waals surface area contributed by atoms with Crippen LogP contribution in [0.25, 0.3) is 11.4 Å². The van der Waals surface area contributed by atoms with E-state index in [0.717, 1.165) is 5.56 Å². The molecule has 2 heterocycles. The van der Waals surface area contributed by atoms with Crippen molar-refractivity contribution in [2.24, 2.45) is 0 Å². The van der Waals surface area contributed by atoms with Gasteiger partial charge in [0.2, 0.25) is 0 Å². The van der Waals surface area contributed by atoms with Gasteiger partial charge in [0.1, 0.15) is 17.0 Å². The summed E-state index contributed by atoms with van der Waals surface area (Å²) in [4.78, 5) is 10.7. The van der Waals surface area contributed by atoms with Crippen molar-refractivity contribution in [2.45, 2.75) is 0 Å². The van der Waals surface area contributed by atoms with E-state index >= 15 is 0 Å². The molecule has 1 N–H and O–H groups in total. The molecule has 2 aromatic rings. The predicted octanol–water partition coefficient (Wildman–Crippen LogP) is 2.00. The van der Waals surface area contributed by atoms with E-state index in [1.807, 2.05) is 6.07 Å². The Balaban J connectivity index is 2.50. The topological polar surface area (TPSA) is 65.4 Å². The molecule has 2 aromatic heterocycles. The lowest BCUT2D eigenvalue weighted by molar-refractivity contribution is 1.26. The van der Waals surface area contributed by atoms with Crippen LogP contribution in [0, 0.1) is 11.3 Å². The molecule has 0 spiro atoms. The van der Waals surface area contributed by atoms with E-state index in [-0.39, 0.29) is 10.8 Å². The molecule has 4 nitrogen and oxygen atoms in total. The lowest BCUT2D eigenvalue weighted by atomic mass is 10.2. The summed E-state index contributed by atoms with van der Waals surface area (Å²) >= 11 is 5.74. The number of rotatable bonds is 1. The van der Waals surface area contributed by atoms with Crippen LogP contribution in [0.5, 0.6) is 0 Å². The van der Waals surface area contributed by atoms with E-state index in [0.29, 0.717) is 5.82 Å². The SMILES string of the molecule is N#Cc1nc(-c2ccncc2)[nH]c1Cl. The third kappa shape index (κ3) is 1.45. The van der Waals surface area contributed by atoms with Gasteiger partial charge in [0.15, 0.2) is 5.69 Å². The average molecular weight is 205 g/mol. The van der Waals surface area contributed by atoms with Gasteiger partial charge in [-0.1, -0.05) is 11.6 Å². The molecule has 14 heavy (non-hydrogen) atoms. The number of imidazole rings is 1. The number of H-pyrrole nitrogens is 1. The monoisotopic (exact) mass is 204 g/mol. The first-order valence-electron chi connectivity index (χ1n) is 3.87. The second kappa shape index (κ2) is 3.48.